The second-order valence-electron chi connectivity index (χ2n) is 4.33. The summed E-state index contributed by atoms with van der Waals surface area (Å²) in [5, 5.41) is 19.6. The van der Waals surface area contributed by atoms with Crippen LogP contribution in [0.4, 0.5) is 11.6 Å². The first kappa shape index (κ1) is 14.4. The molecule has 1 N–H and O–H groups in total. The van der Waals surface area contributed by atoms with Gasteiger partial charge in [-0.1, -0.05) is 0 Å². The fourth-order valence-electron chi connectivity index (χ4n) is 1.87. The summed E-state index contributed by atoms with van der Waals surface area (Å²) in [5.41, 5.74) is 0. The van der Waals surface area contributed by atoms with Gasteiger partial charge >= 0.3 is 5.82 Å². The number of imidazole rings is 1. The van der Waals surface area contributed by atoms with Gasteiger partial charge in [-0.05, 0) is 29.2 Å². The molecule has 0 radical (unpaired) electrons. The van der Waals surface area contributed by atoms with Crippen molar-refractivity contribution in [3.63, 3.8) is 0 Å². The lowest BCUT2D eigenvalue weighted by Gasteiger charge is -2.18. The quantitative estimate of drug-likeness (QED) is 0.450. The van der Waals surface area contributed by atoms with Crippen LogP contribution < -0.4 is 4.90 Å². The average Bonchev–Trinajstić information content (AvgIpc) is 2.62. The van der Waals surface area contributed by atoms with Crippen LogP contribution in [-0.4, -0.2) is 39.8 Å². The van der Waals surface area contributed by atoms with E-state index >= 15 is 0 Å². The largest absolute Gasteiger partial charge is 0.406 e. The van der Waals surface area contributed by atoms with Crippen molar-refractivity contribution < 1.29 is 10.0 Å². The number of nitro groups is 1. The molecule has 7 nitrogen and oxygen atoms in total. The Kier molecular flexibility index (Phi) is 5.08. The number of nitrogens with zero attached hydrogens (tertiary/aromatic N) is 4. The zero-order valence-corrected chi connectivity index (χ0v) is 11.1. The molecule has 102 valence electrons. The number of hydrogen-bond acceptors (Lipinski definition) is 5. The number of hydrogen-bond donors (Lipinski definition) is 1. The number of rotatable bonds is 7. The summed E-state index contributed by atoms with van der Waals surface area (Å²) in [5.74, 6) is 1.06. The van der Waals surface area contributed by atoms with Crippen LogP contribution in [0, 0.1) is 17.0 Å². The van der Waals surface area contributed by atoms with E-state index in [1.54, 1.807) is 18.5 Å². The highest BCUT2D eigenvalue weighted by atomic mass is 16.6. The number of aromatic nitrogens is 2. The van der Waals surface area contributed by atoms with Gasteiger partial charge in [0.05, 0.1) is 0 Å². The molecule has 0 spiro atoms. The molecule has 0 aliphatic carbocycles. The zero-order chi connectivity index (χ0) is 13.7. The van der Waals surface area contributed by atoms with Gasteiger partial charge in [-0.2, -0.15) is 0 Å². The predicted octanol–water partition coefficient (Wildman–Crippen LogP) is 1.24. The summed E-state index contributed by atoms with van der Waals surface area (Å²) >= 11 is 0. The Morgan fingerprint density at radius 1 is 1.44 bits per heavy atom. The van der Waals surface area contributed by atoms with E-state index in [-0.39, 0.29) is 12.4 Å². The monoisotopic (exact) mass is 256 g/mol. The van der Waals surface area contributed by atoms with Crippen molar-refractivity contribution >= 4 is 11.6 Å². The van der Waals surface area contributed by atoms with Crippen LogP contribution in [0.1, 0.15) is 25.1 Å². The summed E-state index contributed by atoms with van der Waals surface area (Å²) in [6.45, 7) is 2.64. The van der Waals surface area contributed by atoms with Gasteiger partial charge in [0.15, 0.2) is 0 Å². The first-order valence-corrected chi connectivity index (χ1v) is 5.98. The molecule has 0 aromatic carbocycles. The maximum absolute atomic E-state index is 10.9. The summed E-state index contributed by atoms with van der Waals surface area (Å²) in [7, 11) is 3.59. The number of aliphatic hydroxyl groups is 1. The van der Waals surface area contributed by atoms with Crippen LogP contribution in [0.3, 0.4) is 0 Å². The number of aryl methyl sites for hydroxylation is 1. The van der Waals surface area contributed by atoms with Gasteiger partial charge in [-0.15, -0.1) is 0 Å². The van der Waals surface area contributed by atoms with E-state index in [1.165, 1.54) is 0 Å². The molecule has 0 bridgehead atoms. The maximum Gasteiger partial charge on any atom is 0.406 e. The lowest BCUT2D eigenvalue weighted by Crippen LogP contribution is -2.22. The molecule has 1 aromatic heterocycles. The molecule has 0 amide bonds. The van der Waals surface area contributed by atoms with Gasteiger partial charge in [0.2, 0.25) is 11.6 Å². The van der Waals surface area contributed by atoms with Crippen molar-refractivity contribution in [3.8, 4) is 0 Å². The van der Waals surface area contributed by atoms with Crippen LogP contribution in [0.5, 0.6) is 0 Å². The van der Waals surface area contributed by atoms with E-state index in [4.69, 9.17) is 5.11 Å². The van der Waals surface area contributed by atoms with Crippen molar-refractivity contribution in [1.82, 2.24) is 9.55 Å². The molecule has 1 rings (SSSR count). The van der Waals surface area contributed by atoms with Crippen molar-refractivity contribution in [2.75, 3.05) is 25.1 Å². The number of anilines is 1. The molecule has 0 aliphatic rings. The minimum absolute atomic E-state index is 0.0975. The molecule has 0 aliphatic heterocycles. The van der Waals surface area contributed by atoms with E-state index in [2.05, 4.69) is 4.98 Å². The smallest absolute Gasteiger partial charge is 0.396 e. The summed E-state index contributed by atoms with van der Waals surface area (Å²) < 4.78 is 1.73. The third-order valence-electron chi connectivity index (χ3n) is 2.96. The second kappa shape index (κ2) is 6.34. The molecule has 0 fully saturated rings. The first-order valence-electron chi connectivity index (χ1n) is 5.98. The highest BCUT2D eigenvalue weighted by Crippen LogP contribution is 2.27. The van der Waals surface area contributed by atoms with Crippen LogP contribution in [0.2, 0.25) is 0 Å². The maximum atomic E-state index is 10.9. The first-order chi connectivity index (χ1) is 8.49. The molecular formula is C11H20N4O3. The average molecular weight is 256 g/mol. The van der Waals surface area contributed by atoms with E-state index in [1.807, 2.05) is 11.9 Å². The minimum Gasteiger partial charge on any atom is -0.396 e. The molecule has 7 heteroatoms. The fraction of sp³-hybridized carbons (Fsp3) is 0.727. The third kappa shape index (κ3) is 3.19. The van der Waals surface area contributed by atoms with E-state index in [9.17, 15) is 10.1 Å². The Morgan fingerprint density at radius 2 is 2.11 bits per heavy atom. The van der Waals surface area contributed by atoms with E-state index in [0.29, 0.717) is 18.2 Å². The summed E-state index contributed by atoms with van der Waals surface area (Å²) in [4.78, 5) is 16.3. The topological polar surface area (TPSA) is 84.4 Å². The van der Waals surface area contributed by atoms with Crippen LogP contribution >= 0.6 is 0 Å². The molecular weight excluding hydrogens is 236 g/mol. The van der Waals surface area contributed by atoms with Crippen molar-refractivity contribution in [3.05, 3.63) is 15.9 Å². The van der Waals surface area contributed by atoms with Crippen molar-refractivity contribution in [2.24, 2.45) is 7.05 Å². The molecule has 0 unspecified atom stereocenters. The second-order valence-corrected chi connectivity index (χ2v) is 4.33. The summed E-state index contributed by atoms with van der Waals surface area (Å²) in [6, 6.07) is 0. The van der Waals surface area contributed by atoms with Gasteiger partial charge in [0, 0.05) is 34.2 Å². The molecule has 18 heavy (non-hydrogen) atoms. The van der Waals surface area contributed by atoms with Crippen LogP contribution in [0.15, 0.2) is 0 Å². The Hall–Kier alpha value is -1.63. The molecule has 0 saturated carbocycles. The Morgan fingerprint density at radius 3 is 2.67 bits per heavy atom. The molecule has 1 heterocycles. The normalized spacial score (nSPS) is 10.7. The van der Waals surface area contributed by atoms with Gasteiger partial charge in [0.1, 0.15) is 0 Å². The Labute approximate surface area is 106 Å². The van der Waals surface area contributed by atoms with Gasteiger partial charge < -0.3 is 20.1 Å². The SMILES string of the molecule is Cc1nc([N+](=O)[O-])c(N(C)CCCCCO)n1C. The Bertz CT molecular complexity index is 417. The van der Waals surface area contributed by atoms with E-state index in [0.717, 1.165) is 19.3 Å². The summed E-state index contributed by atoms with van der Waals surface area (Å²) in [6.07, 6.45) is 2.56. The Balaban J connectivity index is 2.77. The van der Waals surface area contributed by atoms with Gasteiger partial charge in [0.25, 0.3) is 0 Å². The number of aliphatic hydroxyl groups excluding tert-OH is 1. The highest BCUT2D eigenvalue weighted by Gasteiger charge is 2.26. The molecule has 1 aromatic rings. The van der Waals surface area contributed by atoms with Gasteiger partial charge in [-0.25, -0.2) is 0 Å². The zero-order valence-electron chi connectivity index (χ0n) is 11.1. The molecule has 0 saturated heterocycles. The fourth-order valence-corrected chi connectivity index (χ4v) is 1.87. The molecule has 0 atom stereocenters. The number of unbranched alkanes of at least 4 members (excludes halogenated alkanes) is 2. The lowest BCUT2D eigenvalue weighted by molar-refractivity contribution is -0.388. The van der Waals surface area contributed by atoms with Gasteiger partial charge in [-0.3, -0.25) is 4.57 Å². The van der Waals surface area contributed by atoms with Crippen LogP contribution in [-0.2, 0) is 7.05 Å². The third-order valence-corrected chi connectivity index (χ3v) is 2.96. The van der Waals surface area contributed by atoms with Crippen LogP contribution in [0.25, 0.3) is 0 Å². The van der Waals surface area contributed by atoms with Crippen molar-refractivity contribution in [2.45, 2.75) is 26.2 Å². The van der Waals surface area contributed by atoms with E-state index < -0.39 is 4.92 Å². The standard InChI is InChI=1S/C11H20N4O3/c1-9-12-10(15(17)18)11(14(9)3)13(2)7-5-4-6-8-16/h16H,4-8H2,1-3H3. The van der Waals surface area contributed by atoms with Crippen molar-refractivity contribution in [1.29, 1.82) is 0 Å². The predicted molar refractivity (Wildman–Crippen MR) is 68.8 cm³/mol. The lowest BCUT2D eigenvalue weighted by atomic mass is 10.2. The minimum atomic E-state index is -0.452. The highest BCUT2D eigenvalue weighted by molar-refractivity contribution is 5.55.